The first-order chi connectivity index (χ1) is 12.7. The molecular weight excluding hydrogens is 372 g/mol. The molecule has 26 heavy (non-hydrogen) atoms. The minimum absolute atomic E-state index is 0.0683. The van der Waals surface area contributed by atoms with Crippen LogP contribution in [-0.2, 0) is 17.9 Å². The highest BCUT2D eigenvalue weighted by atomic mass is 32.2. The molecule has 0 aliphatic rings. The van der Waals surface area contributed by atoms with Crippen molar-refractivity contribution in [1.82, 2.24) is 15.5 Å². The maximum absolute atomic E-state index is 12.0. The lowest BCUT2D eigenvalue weighted by Gasteiger charge is -2.09. The number of benzene rings is 1. The summed E-state index contributed by atoms with van der Waals surface area (Å²) in [6.45, 7) is 0.973. The molecule has 2 heterocycles. The van der Waals surface area contributed by atoms with Gasteiger partial charge in [-0.25, -0.2) is 0 Å². The minimum atomic E-state index is -0.0683. The number of anilines is 1. The van der Waals surface area contributed by atoms with Gasteiger partial charge in [-0.05, 0) is 18.2 Å². The van der Waals surface area contributed by atoms with Crippen molar-refractivity contribution >= 4 is 34.1 Å². The Morgan fingerprint density at radius 3 is 2.92 bits per heavy atom. The first-order valence-electron chi connectivity index (χ1n) is 7.86. The number of amides is 1. The highest BCUT2D eigenvalue weighted by molar-refractivity contribution is 8.01. The van der Waals surface area contributed by atoms with Crippen molar-refractivity contribution in [2.75, 3.05) is 18.2 Å². The van der Waals surface area contributed by atoms with E-state index >= 15 is 0 Å². The lowest BCUT2D eigenvalue weighted by molar-refractivity contribution is -0.118. The van der Waals surface area contributed by atoms with Gasteiger partial charge in [-0.2, -0.15) is 0 Å². The van der Waals surface area contributed by atoms with Crippen molar-refractivity contribution in [3.8, 4) is 5.75 Å². The molecule has 3 aromatic rings. The van der Waals surface area contributed by atoms with Crippen LogP contribution in [0.2, 0.25) is 0 Å². The van der Waals surface area contributed by atoms with Crippen LogP contribution >= 0.6 is 23.1 Å². The summed E-state index contributed by atoms with van der Waals surface area (Å²) in [6, 6.07) is 11.3. The monoisotopic (exact) mass is 390 g/mol. The average Bonchev–Trinajstić information content (AvgIpc) is 3.35. The van der Waals surface area contributed by atoms with E-state index in [0.717, 1.165) is 21.4 Å². The summed E-state index contributed by atoms with van der Waals surface area (Å²) < 4.78 is 11.3. The molecule has 3 rings (SSSR count). The molecule has 0 bridgehead atoms. The number of carbonyl (C=O) groups excluding carboxylic acids is 1. The van der Waals surface area contributed by atoms with E-state index < -0.39 is 0 Å². The van der Waals surface area contributed by atoms with Crippen LogP contribution in [0.5, 0.6) is 5.75 Å². The van der Waals surface area contributed by atoms with E-state index in [1.807, 2.05) is 36.4 Å². The van der Waals surface area contributed by atoms with Crippen LogP contribution in [-0.4, -0.2) is 29.0 Å². The summed E-state index contributed by atoms with van der Waals surface area (Å²) in [5.41, 5.74) is 0.939. The average molecular weight is 390 g/mol. The molecule has 0 fully saturated rings. The number of hydrogen-bond donors (Lipinski definition) is 2. The zero-order valence-electron chi connectivity index (χ0n) is 14.1. The smallest absolute Gasteiger partial charge is 0.230 e. The number of aromatic nitrogens is 2. The van der Waals surface area contributed by atoms with Crippen molar-refractivity contribution in [3.05, 3.63) is 54.0 Å². The molecule has 0 radical (unpaired) electrons. The Hall–Kier alpha value is -2.52. The van der Waals surface area contributed by atoms with Crippen molar-refractivity contribution in [2.45, 2.75) is 17.4 Å². The number of rotatable bonds is 9. The molecule has 1 amide bonds. The van der Waals surface area contributed by atoms with Gasteiger partial charge in [-0.3, -0.25) is 4.79 Å². The van der Waals surface area contributed by atoms with Crippen molar-refractivity contribution in [1.29, 1.82) is 0 Å². The summed E-state index contributed by atoms with van der Waals surface area (Å²) in [7, 11) is 1.61. The van der Waals surface area contributed by atoms with Gasteiger partial charge in [-0.1, -0.05) is 41.3 Å². The quantitative estimate of drug-likeness (QED) is 0.543. The second-order valence-corrected chi connectivity index (χ2v) is 7.38. The molecule has 0 atom stereocenters. The molecule has 2 N–H and O–H groups in total. The van der Waals surface area contributed by atoms with E-state index in [9.17, 15) is 4.79 Å². The number of carbonyl (C=O) groups is 1. The summed E-state index contributed by atoms with van der Waals surface area (Å²) >= 11 is 2.76. The van der Waals surface area contributed by atoms with Crippen LogP contribution in [0.3, 0.4) is 0 Å². The Morgan fingerprint density at radius 2 is 2.12 bits per heavy atom. The first kappa shape index (κ1) is 18.3. The molecule has 9 heteroatoms. The predicted octanol–water partition coefficient (Wildman–Crippen LogP) is 3.16. The first-order valence-corrected chi connectivity index (χ1v) is 9.66. The fraction of sp³-hybridized carbons (Fsp3) is 0.235. The standard InChI is InChI=1S/C17H18N4O3S2/c1-23-14-7-3-2-5-12(14)9-18-15(22)11-25-17-21-20-16(26-17)19-10-13-6-4-8-24-13/h2-8H,9-11H2,1H3,(H,18,22)(H,19,20). The largest absolute Gasteiger partial charge is 0.496 e. The Balaban J connectivity index is 1.41. The van der Waals surface area contributed by atoms with Gasteiger partial charge in [0.05, 0.1) is 25.7 Å². The molecule has 0 saturated carbocycles. The molecule has 2 aromatic heterocycles. The molecule has 0 unspecified atom stereocenters. The van der Waals surface area contributed by atoms with Gasteiger partial charge in [0.2, 0.25) is 11.0 Å². The van der Waals surface area contributed by atoms with Crippen LogP contribution < -0.4 is 15.4 Å². The topological polar surface area (TPSA) is 89.3 Å². The van der Waals surface area contributed by atoms with Gasteiger partial charge >= 0.3 is 0 Å². The summed E-state index contributed by atoms with van der Waals surface area (Å²) in [6.07, 6.45) is 1.63. The molecule has 1 aromatic carbocycles. The SMILES string of the molecule is COc1ccccc1CNC(=O)CSc1nnc(NCc2ccco2)s1. The second-order valence-electron chi connectivity index (χ2n) is 5.18. The Morgan fingerprint density at radius 1 is 1.23 bits per heavy atom. The van der Waals surface area contributed by atoms with Crippen molar-refractivity contribution in [3.63, 3.8) is 0 Å². The molecule has 0 aliphatic heterocycles. The molecule has 0 saturated heterocycles. The van der Waals surface area contributed by atoms with Gasteiger partial charge in [0, 0.05) is 12.1 Å². The van der Waals surface area contributed by atoms with E-state index in [0.29, 0.717) is 18.2 Å². The fourth-order valence-electron chi connectivity index (χ4n) is 2.14. The maximum Gasteiger partial charge on any atom is 0.230 e. The highest BCUT2D eigenvalue weighted by Gasteiger charge is 2.09. The van der Waals surface area contributed by atoms with Gasteiger partial charge < -0.3 is 19.8 Å². The molecule has 0 aliphatic carbocycles. The zero-order valence-corrected chi connectivity index (χ0v) is 15.7. The number of methoxy groups -OCH3 is 1. The van der Waals surface area contributed by atoms with E-state index in [4.69, 9.17) is 9.15 Å². The van der Waals surface area contributed by atoms with Crippen molar-refractivity contribution in [2.24, 2.45) is 0 Å². The third kappa shape index (κ3) is 5.24. The number of nitrogens with zero attached hydrogens (tertiary/aromatic N) is 2. The third-order valence-corrected chi connectivity index (χ3v) is 5.41. The zero-order chi connectivity index (χ0) is 18.2. The van der Waals surface area contributed by atoms with Crippen LogP contribution in [0.4, 0.5) is 5.13 Å². The number of para-hydroxylation sites is 1. The Kier molecular flexibility index (Phi) is 6.50. The minimum Gasteiger partial charge on any atom is -0.496 e. The van der Waals surface area contributed by atoms with Crippen LogP contribution in [0.15, 0.2) is 51.4 Å². The summed E-state index contributed by atoms with van der Waals surface area (Å²) in [5, 5.41) is 14.8. The Bertz CT molecular complexity index is 836. The predicted molar refractivity (Wildman–Crippen MR) is 102 cm³/mol. The summed E-state index contributed by atoms with van der Waals surface area (Å²) in [4.78, 5) is 12.0. The third-order valence-electron chi connectivity index (χ3n) is 3.40. The van der Waals surface area contributed by atoms with Gasteiger partial charge in [-0.15, -0.1) is 10.2 Å². The van der Waals surface area contributed by atoms with Crippen LogP contribution in [0.25, 0.3) is 0 Å². The van der Waals surface area contributed by atoms with Gasteiger partial charge in [0.1, 0.15) is 11.5 Å². The van der Waals surface area contributed by atoms with Crippen LogP contribution in [0, 0.1) is 0 Å². The normalized spacial score (nSPS) is 10.5. The van der Waals surface area contributed by atoms with Gasteiger partial charge in [0.25, 0.3) is 0 Å². The fourth-order valence-corrected chi connectivity index (χ4v) is 3.71. The molecule has 0 spiro atoms. The lowest BCUT2D eigenvalue weighted by atomic mass is 10.2. The van der Waals surface area contributed by atoms with E-state index in [1.54, 1.807) is 13.4 Å². The highest BCUT2D eigenvalue weighted by Crippen LogP contribution is 2.25. The van der Waals surface area contributed by atoms with Crippen LogP contribution in [0.1, 0.15) is 11.3 Å². The Labute approximate surface area is 159 Å². The number of ether oxygens (including phenoxy) is 1. The maximum atomic E-state index is 12.0. The van der Waals surface area contributed by atoms with E-state index in [1.165, 1.54) is 23.1 Å². The molecule has 136 valence electrons. The molecular formula is C17H18N4O3S2. The van der Waals surface area contributed by atoms with E-state index in [2.05, 4.69) is 20.8 Å². The van der Waals surface area contributed by atoms with Crippen molar-refractivity contribution < 1.29 is 13.9 Å². The molecule has 7 nitrogen and oxygen atoms in total. The second kappa shape index (κ2) is 9.25. The van der Waals surface area contributed by atoms with E-state index in [-0.39, 0.29) is 11.7 Å². The number of thioether (sulfide) groups is 1. The lowest BCUT2D eigenvalue weighted by Crippen LogP contribution is -2.24. The number of furan rings is 1. The number of hydrogen-bond acceptors (Lipinski definition) is 8. The van der Waals surface area contributed by atoms with Gasteiger partial charge in [0.15, 0.2) is 4.34 Å². The summed E-state index contributed by atoms with van der Waals surface area (Å²) in [5.74, 6) is 1.80. The number of nitrogens with one attached hydrogen (secondary N) is 2.